The van der Waals surface area contributed by atoms with Crippen molar-refractivity contribution in [1.82, 2.24) is 10.2 Å². The summed E-state index contributed by atoms with van der Waals surface area (Å²) in [5.41, 5.74) is 2.45. The summed E-state index contributed by atoms with van der Waals surface area (Å²) in [7, 11) is 0. The molecule has 1 amide bonds. The van der Waals surface area contributed by atoms with Gasteiger partial charge in [0.25, 0.3) is 11.6 Å². The number of benzene rings is 1. The summed E-state index contributed by atoms with van der Waals surface area (Å²) in [6.45, 7) is 4.34. The van der Waals surface area contributed by atoms with Gasteiger partial charge in [-0.15, -0.1) is 12.4 Å². The summed E-state index contributed by atoms with van der Waals surface area (Å²) in [4.78, 5) is 26.1. The van der Waals surface area contributed by atoms with Crippen molar-refractivity contribution in [2.24, 2.45) is 5.41 Å². The van der Waals surface area contributed by atoms with Gasteiger partial charge in [-0.2, -0.15) is 11.3 Å². The molecule has 2 heterocycles. The lowest BCUT2D eigenvalue weighted by Crippen LogP contribution is -2.39. The number of nitrogens with one attached hydrogen (secondary N) is 1. The van der Waals surface area contributed by atoms with E-state index in [1.807, 2.05) is 16.3 Å². The van der Waals surface area contributed by atoms with Gasteiger partial charge in [0.05, 0.1) is 4.92 Å². The average molecular weight is 422 g/mol. The summed E-state index contributed by atoms with van der Waals surface area (Å²) < 4.78 is 0. The van der Waals surface area contributed by atoms with E-state index in [0.29, 0.717) is 12.1 Å². The minimum atomic E-state index is -0.432. The molecular weight excluding hydrogens is 398 g/mol. The van der Waals surface area contributed by atoms with Crippen LogP contribution in [0.25, 0.3) is 0 Å². The lowest BCUT2D eigenvalue weighted by Gasteiger charge is -2.29. The van der Waals surface area contributed by atoms with Crippen molar-refractivity contribution < 1.29 is 9.72 Å². The minimum absolute atomic E-state index is 0. The fraction of sp³-hybridized carbons (Fsp3) is 0.450. The Bertz CT molecular complexity index is 866. The highest BCUT2D eigenvalue weighted by molar-refractivity contribution is 7.07. The standard InChI is InChI=1S/C20H23N3O3S.ClH/c1-14-8-16(10-17(9-14)23(25)26)19(24)22(12-15-2-7-27-13-15)18-11-20(18)3-5-21-6-4-20;/h2,7-10,13,18,21H,3-6,11-12H2,1H3;1H. The van der Waals surface area contributed by atoms with Crippen LogP contribution in [0, 0.1) is 22.5 Å². The summed E-state index contributed by atoms with van der Waals surface area (Å²) >= 11 is 1.62. The molecule has 1 aromatic heterocycles. The third-order valence-electron chi connectivity index (χ3n) is 5.84. The van der Waals surface area contributed by atoms with Crippen LogP contribution in [0.2, 0.25) is 0 Å². The number of nitrogens with zero attached hydrogens (tertiary/aromatic N) is 2. The van der Waals surface area contributed by atoms with Gasteiger partial charge in [-0.1, -0.05) is 0 Å². The molecule has 1 atom stereocenters. The highest BCUT2D eigenvalue weighted by Crippen LogP contribution is 2.56. The molecule has 1 saturated heterocycles. The van der Waals surface area contributed by atoms with Crippen molar-refractivity contribution in [3.63, 3.8) is 0 Å². The number of rotatable bonds is 5. The molecule has 1 aliphatic carbocycles. The van der Waals surface area contributed by atoms with Crippen LogP contribution in [0.5, 0.6) is 0 Å². The van der Waals surface area contributed by atoms with Crippen LogP contribution >= 0.6 is 23.7 Å². The Morgan fingerprint density at radius 1 is 1.36 bits per heavy atom. The van der Waals surface area contributed by atoms with Crippen LogP contribution in [0.4, 0.5) is 5.69 Å². The molecule has 2 aromatic rings. The third-order valence-corrected chi connectivity index (χ3v) is 6.57. The number of hydrogen-bond donors (Lipinski definition) is 1. The molecule has 0 radical (unpaired) electrons. The van der Waals surface area contributed by atoms with Gasteiger partial charge in [0.2, 0.25) is 0 Å². The number of halogens is 1. The highest BCUT2D eigenvalue weighted by atomic mass is 35.5. The predicted molar refractivity (Wildman–Crippen MR) is 112 cm³/mol. The van der Waals surface area contributed by atoms with E-state index >= 15 is 0 Å². The van der Waals surface area contributed by atoms with E-state index in [9.17, 15) is 14.9 Å². The zero-order valence-corrected chi connectivity index (χ0v) is 17.4. The van der Waals surface area contributed by atoms with E-state index < -0.39 is 4.92 Å². The van der Waals surface area contributed by atoms with Crippen LogP contribution in [-0.2, 0) is 6.54 Å². The van der Waals surface area contributed by atoms with Gasteiger partial charge >= 0.3 is 0 Å². The second-order valence-corrected chi connectivity index (χ2v) is 8.49. The number of aryl methyl sites for hydroxylation is 1. The molecule has 0 bridgehead atoms. The van der Waals surface area contributed by atoms with E-state index in [1.54, 1.807) is 24.3 Å². The van der Waals surface area contributed by atoms with Crippen LogP contribution in [0.15, 0.2) is 35.0 Å². The van der Waals surface area contributed by atoms with Crippen molar-refractivity contribution in [2.75, 3.05) is 13.1 Å². The number of non-ortho nitro benzene ring substituents is 1. The Morgan fingerprint density at radius 3 is 2.75 bits per heavy atom. The molecule has 1 N–H and O–H groups in total. The maximum Gasteiger partial charge on any atom is 0.270 e. The van der Waals surface area contributed by atoms with Gasteiger partial charge in [-0.25, -0.2) is 0 Å². The zero-order chi connectivity index (χ0) is 19.0. The zero-order valence-electron chi connectivity index (χ0n) is 15.7. The molecule has 2 aliphatic rings. The van der Waals surface area contributed by atoms with Gasteiger partial charge in [0, 0.05) is 30.3 Å². The van der Waals surface area contributed by atoms with Crippen LogP contribution in [0.3, 0.4) is 0 Å². The molecule has 28 heavy (non-hydrogen) atoms. The smallest absolute Gasteiger partial charge is 0.270 e. The number of amides is 1. The molecule has 1 spiro atoms. The molecule has 6 nitrogen and oxygen atoms in total. The van der Waals surface area contributed by atoms with Crippen LogP contribution in [-0.4, -0.2) is 34.9 Å². The number of nitro benzene ring substituents is 1. The van der Waals surface area contributed by atoms with E-state index in [0.717, 1.165) is 43.5 Å². The summed E-state index contributed by atoms with van der Waals surface area (Å²) in [5.74, 6) is -0.103. The first kappa shape index (κ1) is 20.8. The van der Waals surface area contributed by atoms with Gasteiger partial charge in [-0.05, 0) is 78.7 Å². The van der Waals surface area contributed by atoms with Crippen LogP contribution < -0.4 is 5.32 Å². The molecular formula is C20H24ClN3O3S. The van der Waals surface area contributed by atoms with Gasteiger partial charge in [-0.3, -0.25) is 14.9 Å². The predicted octanol–water partition coefficient (Wildman–Crippen LogP) is 4.17. The second kappa shape index (κ2) is 8.19. The van der Waals surface area contributed by atoms with Crippen molar-refractivity contribution >= 4 is 35.3 Å². The fourth-order valence-electron chi connectivity index (χ4n) is 4.29. The molecule has 1 aliphatic heterocycles. The van der Waals surface area contributed by atoms with E-state index in [-0.39, 0.29) is 35.5 Å². The number of carbonyl (C=O) groups excluding carboxylic acids is 1. The Morgan fingerprint density at radius 2 is 2.11 bits per heavy atom. The molecule has 1 saturated carbocycles. The maximum absolute atomic E-state index is 13.4. The minimum Gasteiger partial charge on any atom is -0.331 e. The van der Waals surface area contributed by atoms with Crippen molar-refractivity contribution in [3.05, 3.63) is 61.8 Å². The Labute approximate surface area is 174 Å². The molecule has 8 heteroatoms. The largest absolute Gasteiger partial charge is 0.331 e. The maximum atomic E-state index is 13.4. The number of nitro groups is 1. The first-order valence-corrected chi connectivity index (χ1v) is 10.2. The summed E-state index contributed by atoms with van der Waals surface area (Å²) in [6, 6.07) is 6.93. The third kappa shape index (κ3) is 4.06. The first-order chi connectivity index (χ1) is 13.0. The topological polar surface area (TPSA) is 75.5 Å². The quantitative estimate of drug-likeness (QED) is 0.580. The van der Waals surface area contributed by atoms with Gasteiger partial charge < -0.3 is 10.2 Å². The molecule has 2 fully saturated rings. The average Bonchev–Trinajstić information content (AvgIpc) is 3.08. The molecule has 4 rings (SSSR count). The van der Waals surface area contributed by atoms with Gasteiger partial charge in [0.1, 0.15) is 0 Å². The normalized spacial score (nSPS) is 19.7. The lowest BCUT2D eigenvalue weighted by molar-refractivity contribution is -0.384. The Hall–Kier alpha value is -1.96. The number of hydrogen-bond acceptors (Lipinski definition) is 5. The molecule has 1 aromatic carbocycles. The van der Waals surface area contributed by atoms with Crippen molar-refractivity contribution in [3.8, 4) is 0 Å². The lowest BCUT2D eigenvalue weighted by atomic mass is 9.93. The molecule has 1 unspecified atom stereocenters. The van der Waals surface area contributed by atoms with E-state index in [1.165, 1.54) is 12.1 Å². The van der Waals surface area contributed by atoms with Crippen molar-refractivity contribution in [2.45, 2.75) is 38.8 Å². The van der Waals surface area contributed by atoms with Gasteiger partial charge in [0.15, 0.2) is 0 Å². The second-order valence-electron chi connectivity index (χ2n) is 7.71. The number of thiophene rings is 1. The Balaban J connectivity index is 0.00000225. The van der Waals surface area contributed by atoms with Crippen LogP contribution in [0.1, 0.15) is 40.7 Å². The van der Waals surface area contributed by atoms with Crippen molar-refractivity contribution in [1.29, 1.82) is 0 Å². The first-order valence-electron chi connectivity index (χ1n) is 9.27. The number of piperidine rings is 1. The monoisotopic (exact) mass is 421 g/mol. The van der Waals surface area contributed by atoms with E-state index in [2.05, 4.69) is 10.7 Å². The number of carbonyl (C=O) groups is 1. The molecule has 150 valence electrons. The Kier molecular flexibility index (Phi) is 6.07. The summed E-state index contributed by atoms with van der Waals surface area (Å²) in [6.07, 6.45) is 3.19. The van der Waals surface area contributed by atoms with E-state index in [4.69, 9.17) is 0 Å². The SMILES string of the molecule is Cc1cc(C(=O)N(Cc2ccsc2)C2CC23CCNCC3)cc([N+](=O)[O-])c1.Cl. The fourth-order valence-corrected chi connectivity index (χ4v) is 4.95. The summed E-state index contributed by atoms with van der Waals surface area (Å²) in [5, 5.41) is 18.7. The highest BCUT2D eigenvalue weighted by Gasteiger charge is 2.57.